The highest BCUT2D eigenvalue weighted by atomic mass is 28.4. The molecule has 1 N–H and O–H groups in total. The number of benzene rings is 2. The van der Waals surface area contributed by atoms with Crippen molar-refractivity contribution in [2.45, 2.75) is 77.9 Å². The summed E-state index contributed by atoms with van der Waals surface area (Å²) >= 11 is 0. The molecule has 0 saturated heterocycles. The Balaban J connectivity index is 1.58. The minimum Gasteiger partial charge on any atom is -0.498 e. The molecule has 0 unspecified atom stereocenters. The van der Waals surface area contributed by atoms with Crippen LogP contribution < -0.4 is 10.4 Å². The molecule has 0 bridgehead atoms. The fourth-order valence-electron chi connectivity index (χ4n) is 7.17. The van der Waals surface area contributed by atoms with Gasteiger partial charge in [-0.25, -0.2) is 0 Å². The van der Waals surface area contributed by atoms with Gasteiger partial charge in [0.05, 0.1) is 7.11 Å². The molecule has 4 rings (SSSR count). The molecule has 0 aliphatic heterocycles. The van der Waals surface area contributed by atoms with Crippen molar-refractivity contribution in [3.05, 3.63) is 72.0 Å². The highest BCUT2D eigenvalue weighted by Gasteiger charge is 2.51. The standard InChI is InChI=1S/C31H44O3Si/c1-23(26-17-18-27-29(33-6)28(32)19-21-31(26,27)5)20-22-34-35(30(2,3)4,24-13-9-7-10-14-24)25-15-11-8-12-16-25/h7-16,23,26,28,32H,17-22H2,1-6H3/t23-,26-,28+,31-/m1/s1. The van der Waals surface area contributed by atoms with E-state index in [1.165, 1.54) is 22.4 Å². The van der Waals surface area contributed by atoms with Crippen molar-refractivity contribution in [2.24, 2.45) is 17.3 Å². The quantitative estimate of drug-likeness (QED) is 0.455. The first-order valence-corrected chi connectivity index (χ1v) is 15.3. The van der Waals surface area contributed by atoms with Crippen molar-refractivity contribution < 1.29 is 14.3 Å². The topological polar surface area (TPSA) is 38.7 Å². The molecule has 4 heteroatoms. The van der Waals surface area contributed by atoms with Crippen molar-refractivity contribution in [1.82, 2.24) is 0 Å². The molecule has 0 spiro atoms. The average Bonchev–Trinajstić information content (AvgIpc) is 3.19. The molecule has 4 atom stereocenters. The van der Waals surface area contributed by atoms with Crippen LogP contribution in [0.25, 0.3) is 0 Å². The molecule has 1 saturated carbocycles. The fraction of sp³-hybridized carbons (Fsp3) is 0.548. The summed E-state index contributed by atoms with van der Waals surface area (Å²) < 4.78 is 12.9. The van der Waals surface area contributed by atoms with Gasteiger partial charge in [0.2, 0.25) is 0 Å². The van der Waals surface area contributed by atoms with Crippen LogP contribution >= 0.6 is 0 Å². The largest absolute Gasteiger partial charge is 0.498 e. The van der Waals surface area contributed by atoms with Gasteiger partial charge in [0.25, 0.3) is 8.32 Å². The number of hydrogen-bond donors (Lipinski definition) is 1. The number of hydrogen-bond acceptors (Lipinski definition) is 3. The predicted octanol–water partition coefficient (Wildman–Crippen LogP) is 6.06. The first-order valence-electron chi connectivity index (χ1n) is 13.4. The molecule has 0 heterocycles. The number of rotatable bonds is 8. The van der Waals surface area contributed by atoms with Gasteiger partial charge in [-0.1, -0.05) is 95.3 Å². The Hall–Kier alpha value is -1.88. The molecule has 2 aliphatic rings. The van der Waals surface area contributed by atoms with Crippen LogP contribution in [0.3, 0.4) is 0 Å². The smallest absolute Gasteiger partial charge is 0.261 e. The van der Waals surface area contributed by atoms with Gasteiger partial charge >= 0.3 is 0 Å². The van der Waals surface area contributed by atoms with Crippen LogP contribution in [0.4, 0.5) is 0 Å². The van der Waals surface area contributed by atoms with E-state index in [1.54, 1.807) is 7.11 Å². The normalized spacial score (nSPS) is 25.9. The van der Waals surface area contributed by atoms with E-state index in [2.05, 4.69) is 95.3 Å². The summed E-state index contributed by atoms with van der Waals surface area (Å²) in [6.07, 6.45) is 4.66. The van der Waals surface area contributed by atoms with Crippen LogP contribution in [0.15, 0.2) is 72.0 Å². The van der Waals surface area contributed by atoms with E-state index in [1.807, 2.05) is 0 Å². The minimum atomic E-state index is -2.50. The van der Waals surface area contributed by atoms with Crippen molar-refractivity contribution in [1.29, 1.82) is 0 Å². The first kappa shape index (κ1) is 26.2. The maximum Gasteiger partial charge on any atom is 0.261 e. The number of allylic oxidation sites excluding steroid dienone is 1. The second-order valence-electron chi connectivity index (χ2n) is 11.9. The lowest BCUT2D eigenvalue weighted by atomic mass is 9.65. The van der Waals surface area contributed by atoms with Gasteiger partial charge < -0.3 is 14.3 Å². The highest BCUT2D eigenvalue weighted by molar-refractivity contribution is 6.99. The van der Waals surface area contributed by atoms with Crippen LogP contribution in [-0.4, -0.2) is 33.2 Å². The summed E-state index contributed by atoms with van der Waals surface area (Å²) in [7, 11) is -0.783. The minimum absolute atomic E-state index is 0.00106. The zero-order valence-electron chi connectivity index (χ0n) is 22.5. The molecule has 2 aromatic rings. The summed E-state index contributed by atoms with van der Waals surface area (Å²) in [5, 5.41) is 13.2. The zero-order chi connectivity index (χ0) is 25.3. The number of methoxy groups -OCH3 is 1. The predicted molar refractivity (Wildman–Crippen MR) is 147 cm³/mol. The summed E-state index contributed by atoms with van der Waals surface area (Å²) in [6.45, 7) is 12.6. The SMILES string of the molecule is COC1=C2CC[C@H]([C@H](C)CCO[Si](c3ccccc3)(c3ccccc3)C(C)(C)C)[C@@]2(C)CC[C@@H]1O. The van der Waals surface area contributed by atoms with Crippen LogP contribution in [0.2, 0.25) is 5.04 Å². The van der Waals surface area contributed by atoms with E-state index in [0.717, 1.165) is 38.0 Å². The Morgan fingerprint density at radius 1 is 1.00 bits per heavy atom. The Bertz CT molecular complexity index is 971. The van der Waals surface area contributed by atoms with Gasteiger partial charge in [-0.2, -0.15) is 0 Å². The van der Waals surface area contributed by atoms with Gasteiger partial charge in [0, 0.05) is 6.61 Å². The van der Waals surface area contributed by atoms with Gasteiger partial charge in [0.1, 0.15) is 11.9 Å². The third-order valence-electron chi connectivity index (χ3n) is 8.97. The number of aliphatic hydroxyl groups is 1. The third kappa shape index (κ3) is 4.65. The van der Waals surface area contributed by atoms with Crippen molar-refractivity contribution >= 4 is 18.7 Å². The van der Waals surface area contributed by atoms with E-state index < -0.39 is 14.4 Å². The number of fused-ring (bicyclic) bond motifs is 1. The van der Waals surface area contributed by atoms with Crippen molar-refractivity contribution in [3.63, 3.8) is 0 Å². The lowest BCUT2D eigenvalue weighted by molar-refractivity contribution is 0.0636. The monoisotopic (exact) mass is 492 g/mol. The van der Waals surface area contributed by atoms with E-state index in [9.17, 15) is 5.11 Å². The van der Waals surface area contributed by atoms with Crippen molar-refractivity contribution in [2.75, 3.05) is 13.7 Å². The van der Waals surface area contributed by atoms with Gasteiger partial charge in [-0.15, -0.1) is 0 Å². The second-order valence-corrected chi connectivity index (χ2v) is 16.2. The lowest BCUT2D eigenvalue weighted by Crippen LogP contribution is -2.66. The average molecular weight is 493 g/mol. The van der Waals surface area contributed by atoms with E-state index in [-0.39, 0.29) is 10.5 Å². The molecule has 0 amide bonds. The summed E-state index contributed by atoms with van der Waals surface area (Å²) in [4.78, 5) is 0. The molecule has 190 valence electrons. The van der Waals surface area contributed by atoms with Gasteiger partial charge in [0.15, 0.2) is 0 Å². The fourth-order valence-corrected chi connectivity index (χ4v) is 11.7. The molecule has 3 nitrogen and oxygen atoms in total. The van der Waals surface area contributed by atoms with Gasteiger partial charge in [-0.3, -0.25) is 0 Å². The Morgan fingerprint density at radius 2 is 1.57 bits per heavy atom. The summed E-state index contributed by atoms with van der Waals surface area (Å²) in [5.74, 6) is 1.99. The molecular formula is C31H44O3Si. The molecule has 2 aliphatic carbocycles. The molecular weight excluding hydrogens is 448 g/mol. The van der Waals surface area contributed by atoms with Crippen LogP contribution in [-0.2, 0) is 9.16 Å². The maximum atomic E-state index is 10.5. The van der Waals surface area contributed by atoms with E-state index in [4.69, 9.17) is 9.16 Å². The van der Waals surface area contributed by atoms with Crippen LogP contribution in [0, 0.1) is 17.3 Å². The van der Waals surface area contributed by atoms with Crippen LogP contribution in [0.5, 0.6) is 0 Å². The Morgan fingerprint density at radius 3 is 2.09 bits per heavy atom. The van der Waals surface area contributed by atoms with E-state index >= 15 is 0 Å². The Kier molecular flexibility index (Phi) is 7.66. The number of aliphatic hydroxyl groups excluding tert-OH is 1. The molecule has 0 aromatic heterocycles. The number of ether oxygens (including phenoxy) is 1. The summed E-state index contributed by atoms with van der Waals surface area (Å²) in [6, 6.07) is 21.9. The maximum absolute atomic E-state index is 10.5. The van der Waals surface area contributed by atoms with E-state index in [0.29, 0.717) is 11.8 Å². The molecule has 1 fully saturated rings. The zero-order valence-corrected chi connectivity index (χ0v) is 23.5. The lowest BCUT2D eigenvalue weighted by Gasteiger charge is -2.44. The molecule has 2 aromatic carbocycles. The third-order valence-corrected chi connectivity index (χ3v) is 14.0. The first-order chi connectivity index (χ1) is 16.6. The second kappa shape index (κ2) is 10.2. The van der Waals surface area contributed by atoms with Crippen molar-refractivity contribution in [3.8, 4) is 0 Å². The van der Waals surface area contributed by atoms with Crippen LogP contribution in [0.1, 0.15) is 66.7 Å². The highest BCUT2D eigenvalue weighted by Crippen LogP contribution is 2.57. The summed E-state index contributed by atoms with van der Waals surface area (Å²) in [5.41, 5.74) is 1.49. The van der Waals surface area contributed by atoms with Gasteiger partial charge in [-0.05, 0) is 70.3 Å². The molecule has 0 radical (unpaired) electrons. The molecule has 35 heavy (non-hydrogen) atoms. The Labute approximate surface area is 213 Å².